The molecule has 1 heterocycles. The Labute approximate surface area is 157 Å². The number of nitrogens with one attached hydrogen (secondary N) is 1. The van der Waals surface area contributed by atoms with Crippen LogP contribution in [0.2, 0.25) is 0 Å². The molecule has 27 heavy (non-hydrogen) atoms. The van der Waals surface area contributed by atoms with Crippen molar-refractivity contribution in [1.82, 2.24) is 9.29 Å². The lowest BCUT2D eigenvalue weighted by atomic mass is 10.2. The fourth-order valence-electron chi connectivity index (χ4n) is 3.25. The molecule has 1 aromatic carbocycles. The number of rotatable bonds is 5. The molecular weight excluding hydrogens is 368 g/mol. The summed E-state index contributed by atoms with van der Waals surface area (Å²) < 4.78 is 34.2. The van der Waals surface area contributed by atoms with Gasteiger partial charge in [0.1, 0.15) is 6.07 Å². The fourth-order valence-corrected chi connectivity index (χ4v) is 4.59. The Morgan fingerprint density at radius 2 is 2.07 bits per heavy atom. The zero-order chi connectivity index (χ0) is 19.6. The first-order chi connectivity index (χ1) is 12.9. The number of sulfonamides is 1. The Morgan fingerprint density at radius 3 is 2.70 bits per heavy atom. The molecular formula is C18H20N4O4S. The number of nitrogens with zero attached hydrogens (tertiary/aromatic N) is 2. The van der Waals surface area contributed by atoms with Crippen molar-refractivity contribution in [3.05, 3.63) is 41.7 Å². The summed E-state index contributed by atoms with van der Waals surface area (Å²) >= 11 is 0. The van der Waals surface area contributed by atoms with E-state index < -0.39 is 16.0 Å². The number of anilines is 1. The van der Waals surface area contributed by atoms with Crippen LogP contribution in [0.4, 0.5) is 5.69 Å². The summed E-state index contributed by atoms with van der Waals surface area (Å²) in [6, 6.07) is 7.97. The molecule has 0 amide bonds. The highest BCUT2D eigenvalue weighted by molar-refractivity contribution is 7.89. The number of nitriles is 1. The van der Waals surface area contributed by atoms with E-state index in [2.05, 4.69) is 4.72 Å². The van der Waals surface area contributed by atoms with Gasteiger partial charge in [0.2, 0.25) is 10.0 Å². The molecule has 142 valence electrons. The van der Waals surface area contributed by atoms with Crippen molar-refractivity contribution in [3.8, 4) is 11.8 Å². The predicted molar refractivity (Wildman–Crippen MR) is 98.8 cm³/mol. The van der Waals surface area contributed by atoms with Crippen molar-refractivity contribution in [2.45, 2.75) is 36.6 Å². The number of esters is 1. The molecule has 0 aliphatic heterocycles. The van der Waals surface area contributed by atoms with Gasteiger partial charge >= 0.3 is 5.97 Å². The van der Waals surface area contributed by atoms with Gasteiger partial charge in [0.25, 0.3) is 0 Å². The van der Waals surface area contributed by atoms with Crippen LogP contribution in [0, 0.1) is 11.3 Å². The fraction of sp³-hybridized carbons (Fsp3) is 0.333. The Hall–Kier alpha value is -2.83. The van der Waals surface area contributed by atoms with Gasteiger partial charge in [-0.3, -0.25) is 0 Å². The van der Waals surface area contributed by atoms with Crippen molar-refractivity contribution in [3.63, 3.8) is 0 Å². The standard InChI is InChI=1S/C18H20N4O4S/c1-26-18(23)17-16(20)12(10-19)11-22(17)14-7-4-8-15(9-14)27(24,25)21-13-5-2-3-6-13/h4,7-9,11,13,21H,2-3,5-6,20H2,1H3. The normalized spacial score (nSPS) is 14.8. The topological polar surface area (TPSA) is 127 Å². The number of nitrogens with two attached hydrogens (primary N) is 1. The number of hydrogen-bond donors (Lipinski definition) is 2. The Kier molecular flexibility index (Phi) is 5.21. The van der Waals surface area contributed by atoms with Gasteiger partial charge in [0.15, 0.2) is 5.69 Å². The van der Waals surface area contributed by atoms with E-state index in [1.807, 2.05) is 6.07 Å². The number of carbonyl (C=O) groups excluding carboxylic acids is 1. The molecule has 1 aromatic heterocycles. The molecule has 3 rings (SSSR count). The number of aromatic nitrogens is 1. The molecule has 0 unspecified atom stereocenters. The van der Waals surface area contributed by atoms with Crippen LogP contribution in [0.3, 0.4) is 0 Å². The highest BCUT2D eigenvalue weighted by Crippen LogP contribution is 2.26. The Balaban J connectivity index is 2.04. The summed E-state index contributed by atoms with van der Waals surface area (Å²) in [5.74, 6) is -0.716. The van der Waals surface area contributed by atoms with Crippen molar-refractivity contribution >= 4 is 21.7 Å². The van der Waals surface area contributed by atoms with Gasteiger partial charge in [-0.25, -0.2) is 17.9 Å². The van der Waals surface area contributed by atoms with E-state index in [1.54, 1.807) is 12.1 Å². The molecule has 0 atom stereocenters. The van der Waals surface area contributed by atoms with Crippen LogP contribution in [0.15, 0.2) is 35.4 Å². The number of methoxy groups -OCH3 is 1. The largest absolute Gasteiger partial charge is 0.464 e. The van der Waals surface area contributed by atoms with Crippen LogP contribution >= 0.6 is 0 Å². The van der Waals surface area contributed by atoms with Crippen molar-refractivity contribution < 1.29 is 17.9 Å². The van der Waals surface area contributed by atoms with Gasteiger partial charge in [-0.1, -0.05) is 18.9 Å². The predicted octanol–water partition coefficient (Wildman–Crippen LogP) is 1.94. The molecule has 3 N–H and O–H groups in total. The summed E-state index contributed by atoms with van der Waals surface area (Å²) in [6.45, 7) is 0. The maximum atomic E-state index is 12.7. The maximum Gasteiger partial charge on any atom is 0.357 e. The van der Waals surface area contributed by atoms with Gasteiger partial charge in [-0.05, 0) is 31.0 Å². The van der Waals surface area contributed by atoms with E-state index in [1.165, 1.54) is 30.0 Å². The highest BCUT2D eigenvalue weighted by Gasteiger charge is 2.25. The van der Waals surface area contributed by atoms with Gasteiger partial charge in [0.05, 0.1) is 23.3 Å². The zero-order valence-corrected chi connectivity index (χ0v) is 15.6. The average Bonchev–Trinajstić information content (AvgIpc) is 3.28. The number of nitrogen functional groups attached to an aromatic ring is 1. The minimum absolute atomic E-state index is 0.0123. The van der Waals surface area contributed by atoms with Crippen LogP contribution in [0.5, 0.6) is 0 Å². The Bertz CT molecular complexity index is 1010. The van der Waals surface area contributed by atoms with Gasteiger partial charge in [-0.2, -0.15) is 5.26 Å². The monoisotopic (exact) mass is 388 g/mol. The Morgan fingerprint density at radius 1 is 1.37 bits per heavy atom. The summed E-state index contributed by atoms with van der Waals surface area (Å²) in [5, 5.41) is 9.20. The number of ether oxygens (including phenoxy) is 1. The molecule has 0 saturated heterocycles. The first-order valence-corrected chi connectivity index (χ1v) is 9.97. The zero-order valence-electron chi connectivity index (χ0n) is 14.8. The summed E-state index contributed by atoms with van der Waals surface area (Å²) in [5.41, 5.74) is 6.34. The number of benzene rings is 1. The van der Waals surface area contributed by atoms with E-state index in [-0.39, 0.29) is 27.9 Å². The molecule has 1 aliphatic carbocycles. The molecule has 0 bridgehead atoms. The first kappa shape index (κ1) is 18.9. The van der Waals surface area contributed by atoms with E-state index in [9.17, 15) is 18.5 Å². The van der Waals surface area contributed by atoms with Gasteiger partial charge < -0.3 is 15.0 Å². The van der Waals surface area contributed by atoms with Crippen molar-refractivity contribution in [2.75, 3.05) is 12.8 Å². The van der Waals surface area contributed by atoms with Crippen LogP contribution in [0.1, 0.15) is 41.7 Å². The summed E-state index contributed by atoms with van der Waals surface area (Å²) in [7, 11) is -2.49. The third kappa shape index (κ3) is 3.67. The maximum absolute atomic E-state index is 12.7. The van der Waals surface area contributed by atoms with E-state index >= 15 is 0 Å². The third-order valence-corrected chi connectivity index (χ3v) is 6.14. The van der Waals surface area contributed by atoms with Gasteiger partial charge in [-0.15, -0.1) is 0 Å². The molecule has 9 heteroatoms. The molecule has 2 aromatic rings. The second kappa shape index (κ2) is 7.42. The van der Waals surface area contributed by atoms with Crippen LogP contribution in [0.25, 0.3) is 5.69 Å². The smallest absolute Gasteiger partial charge is 0.357 e. The lowest BCUT2D eigenvalue weighted by Gasteiger charge is -2.14. The minimum atomic E-state index is -3.70. The van der Waals surface area contributed by atoms with Crippen LogP contribution < -0.4 is 10.5 Å². The molecule has 1 fully saturated rings. The SMILES string of the molecule is COC(=O)c1c(N)c(C#N)cn1-c1cccc(S(=O)(=O)NC2CCCC2)c1. The molecule has 1 saturated carbocycles. The molecule has 1 aliphatic rings. The quantitative estimate of drug-likeness (QED) is 0.754. The van der Waals surface area contributed by atoms with E-state index in [0.29, 0.717) is 5.69 Å². The number of hydrogen-bond acceptors (Lipinski definition) is 6. The summed E-state index contributed by atoms with van der Waals surface area (Å²) in [6.07, 6.45) is 5.05. The second-order valence-corrected chi connectivity index (χ2v) is 8.09. The van der Waals surface area contributed by atoms with Crippen molar-refractivity contribution in [2.24, 2.45) is 0 Å². The lowest BCUT2D eigenvalue weighted by molar-refractivity contribution is 0.0593. The van der Waals surface area contributed by atoms with Crippen molar-refractivity contribution in [1.29, 1.82) is 5.26 Å². The molecule has 0 radical (unpaired) electrons. The molecule has 8 nitrogen and oxygen atoms in total. The van der Waals surface area contributed by atoms with E-state index in [0.717, 1.165) is 25.7 Å². The van der Waals surface area contributed by atoms with Crippen LogP contribution in [-0.4, -0.2) is 32.1 Å². The first-order valence-electron chi connectivity index (χ1n) is 8.49. The van der Waals surface area contributed by atoms with Gasteiger partial charge in [0, 0.05) is 17.9 Å². The average molecular weight is 388 g/mol. The van der Waals surface area contributed by atoms with Crippen LogP contribution in [-0.2, 0) is 14.8 Å². The van der Waals surface area contributed by atoms with E-state index in [4.69, 9.17) is 10.5 Å². The summed E-state index contributed by atoms with van der Waals surface area (Å²) in [4.78, 5) is 12.2. The number of carbonyl (C=O) groups is 1. The second-order valence-electron chi connectivity index (χ2n) is 6.38. The lowest BCUT2D eigenvalue weighted by Crippen LogP contribution is -2.32. The minimum Gasteiger partial charge on any atom is -0.464 e. The highest BCUT2D eigenvalue weighted by atomic mass is 32.2. The third-order valence-electron chi connectivity index (χ3n) is 4.63. The molecule has 0 spiro atoms.